The number of aromatic nitrogens is 2. The molecule has 0 bridgehead atoms. The number of amides is 1. The summed E-state index contributed by atoms with van der Waals surface area (Å²) in [7, 11) is 1.57. The molecule has 4 rings (SSSR count). The molecule has 0 aliphatic heterocycles. The number of halogens is 1. The first-order chi connectivity index (χ1) is 16.0. The molecule has 0 aliphatic carbocycles. The predicted molar refractivity (Wildman–Crippen MR) is 122 cm³/mol. The molecule has 4 aromatic rings. The van der Waals surface area contributed by atoms with Crippen LogP contribution in [0, 0.1) is 5.82 Å². The number of benzene rings is 3. The van der Waals surface area contributed by atoms with Gasteiger partial charge in [0.15, 0.2) is 0 Å². The summed E-state index contributed by atoms with van der Waals surface area (Å²) in [6.45, 7) is 0.105. The molecule has 8 heteroatoms. The number of rotatable bonds is 7. The second-order valence-electron chi connectivity index (χ2n) is 7.07. The highest BCUT2D eigenvalue weighted by Gasteiger charge is 2.09. The van der Waals surface area contributed by atoms with Gasteiger partial charge in [-0.25, -0.2) is 4.39 Å². The number of methoxy groups -OCH3 is 1. The van der Waals surface area contributed by atoms with Crippen LogP contribution in [0.3, 0.4) is 0 Å². The SMILES string of the molecule is COc1ccc(NC(=O)c2ccc(-n3nc(OCc4cccc(F)c4)ccc3=O)cc2)cc1. The number of hydrogen-bond donors (Lipinski definition) is 1. The Morgan fingerprint density at radius 2 is 1.76 bits per heavy atom. The van der Waals surface area contributed by atoms with Crippen molar-refractivity contribution in [3.8, 4) is 17.3 Å². The van der Waals surface area contributed by atoms with E-state index in [1.165, 1.54) is 28.9 Å². The van der Waals surface area contributed by atoms with E-state index in [2.05, 4.69) is 10.4 Å². The van der Waals surface area contributed by atoms with Gasteiger partial charge in [-0.2, -0.15) is 4.68 Å². The van der Waals surface area contributed by atoms with Crippen molar-refractivity contribution in [3.63, 3.8) is 0 Å². The molecule has 0 unspecified atom stereocenters. The quantitative estimate of drug-likeness (QED) is 0.461. The van der Waals surface area contributed by atoms with E-state index in [4.69, 9.17) is 9.47 Å². The second-order valence-corrected chi connectivity index (χ2v) is 7.07. The summed E-state index contributed by atoms with van der Waals surface area (Å²) >= 11 is 0. The van der Waals surface area contributed by atoms with Gasteiger partial charge < -0.3 is 14.8 Å². The molecule has 1 N–H and O–H groups in total. The van der Waals surface area contributed by atoms with Crippen molar-refractivity contribution in [2.75, 3.05) is 12.4 Å². The Kier molecular flexibility index (Phi) is 6.45. The van der Waals surface area contributed by atoms with Gasteiger partial charge in [-0.15, -0.1) is 5.10 Å². The maximum Gasteiger partial charge on any atom is 0.271 e. The first-order valence-electron chi connectivity index (χ1n) is 10.1. The minimum Gasteiger partial charge on any atom is -0.497 e. The van der Waals surface area contributed by atoms with E-state index in [-0.39, 0.29) is 29.8 Å². The lowest BCUT2D eigenvalue weighted by molar-refractivity contribution is 0.102. The van der Waals surface area contributed by atoms with Crippen molar-refractivity contribution in [3.05, 3.63) is 112 Å². The van der Waals surface area contributed by atoms with Crippen LogP contribution < -0.4 is 20.3 Å². The number of hydrogen-bond acceptors (Lipinski definition) is 5. The highest BCUT2D eigenvalue weighted by atomic mass is 19.1. The van der Waals surface area contributed by atoms with Crippen LogP contribution in [0.1, 0.15) is 15.9 Å². The summed E-state index contributed by atoms with van der Waals surface area (Å²) in [4.78, 5) is 24.8. The molecule has 0 fully saturated rings. The molecule has 1 heterocycles. The van der Waals surface area contributed by atoms with E-state index in [1.54, 1.807) is 67.8 Å². The van der Waals surface area contributed by atoms with Crippen molar-refractivity contribution in [1.29, 1.82) is 0 Å². The van der Waals surface area contributed by atoms with Crippen LogP contribution >= 0.6 is 0 Å². The lowest BCUT2D eigenvalue weighted by Crippen LogP contribution is -2.20. The van der Waals surface area contributed by atoms with Crippen LogP contribution in [0.4, 0.5) is 10.1 Å². The van der Waals surface area contributed by atoms with Gasteiger partial charge >= 0.3 is 0 Å². The third kappa shape index (κ3) is 5.43. The van der Waals surface area contributed by atoms with Crippen LogP contribution in [0.2, 0.25) is 0 Å². The third-order valence-corrected chi connectivity index (χ3v) is 4.77. The zero-order valence-electron chi connectivity index (χ0n) is 17.7. The van der Waals surface area contributed by atoms with Gasteiger partial charge in [0.2, 0.25) is 5.88 Å². The Labute approximate surface area is 189 Å². The van der Waals surface area contributed by atoms with Crippen molar-refractivity contribution in [2.45, 2.75) is 6.61 Å². The molecule has 166 valence electrons. The molecule has 1 aromatic heterocycles. The lowest BCUT2D eigenvalue weighted by Gasteiger charge is -2.10. The molecule has 0 saturated heterocycles. The van der Waals surface area contributed by atoms with Gasteiger partial charge in [-0.1, -0.05) is 12.1 Å². The Hall–Kier alpha value is -4.46. The number of carbonyl (C=O) groups is 1. The van der Waals surface area contributed by atoms with Gasteiger partial charge in [0.25, 0.3) is 11.5 Å². The molecule has 1 amide bonds. The van der Waals surface area contributed by atoms with Crippen LogP contribution in [0.25, 0.3) is 5.69 Å². The van der Waals surface area contributed by atoms with Gasteiger partial charge in [-0.3, -0.25) is 9.59 Å². The van der Waals surface area contributed by atoms with Crippen LogP contribution in [-0.4, -0.2) is 22.8 Å². The number of carbonyl (C=O) groups excluding carboxylic acids is 1. The first kappa shape index (κ1) is 21.8. The average molecular weight is 445 g/mol. The van der Waals surface area contributed by atoms with Gasteiger partial charge in [0.1, 0.15) is 18.2 Å². The van der Waals surface area contributed by atoms with Gasteiger partial charge in [-0.05, 0) is 66.2 Å². The second kappa shape index (κ2) is 9.78. The average Bonchev–Trinajstić information content (AvgIpc) is 2.84. The van der Waals surface area contributed by atoms with E-state index in [9.17, 15) is 14.0 Å². The van der Waals surface area contributed by atoms with Crippen LogP contribution in [0.5, 0.6) is 11.6 Å². The van der Waals surface area contributed by atoms with E-state index in [0.29, 0.717) is 28.3 Å². The molecular weight excluding hydrogens is 425 g/mol. The maximum atomic E-state index is 13.3. The Morgan fingerprint density at radius 3 is 2.45 bits per heavy atom. The fourth-order valence-electron chi connectivity index (χ4n) is 3.07. The zero-order valence-corrected chi connectivity index (χ0v) is 17.7. The highest BCUT2D eigenvalue weighted by Crippen LogP contribution is 2.17. The first-order valence-corrected chi connectivity index (χ1v) is 10.1. The fraction of sp³-hybridized carbons (Fsp3) is 0.0800. The van der Waals surface area contributed by atoms with E-state index < -0.39 is 0 Å². The van der Waals surface area contributed by atoms with E-state index >= 15 is 0 Å². The molecule has 0 spiro atoms. The van der Waals surface area contributed by atoms with Crippen molar-refractivity contribution >= 4 is 11.6 Å². The Morgan fingerprint density at radius 1 is 1.00 bits per heavy atom. The van der Waals surface area contributed by atoms with Crippen molar-refractivity contribution in [2.24, 2.45) is 0 Å². The molecule has 0 radical (unpaired) electrons. The van der Waals surface area contributed by atoms with Crippen LogP contribution in [-0.2, 0) is 6.61 Å². The predicted octanol–water partition coefficient (Wildman–Crippen LogP) is 4.21. The summed E-state index contributed by atoms with van der Waals surface area (Å²) in [5.41, 5.74) is 1.80. The fourth-order valence-corrected chi connectivity index (χ4v) is 3.07. The Bertz CT molecular complexity index is 1320. The summed E-state index contributed by atoms with van der Waals surface area (Å²) in [5, 5.41) is 7.01. The minimum absolute atomic E-state index is 0.105. The smallest absolute Gasteiger partial charge is 0.271 e. The lowest BCUT2D eigenvalue weighted by atomic mass is 10.2. The standard InChI is InChI=1S/C25H20FN3O4/c1-32-22-11-7-20(8-12-22)27-25(31)18-5-9-21(10-6-18)29-24(30)14-13-23(28-29)33-16-17-3-2-4-19(26)15-17/h2-15H,16H2,1H3,(H,27,31). The number of nitrogens with zero attached hydrogens (tertiary/aromatic N) is 2. The molecule has 3 aromatic carbocycles. The normalized spacial score (nSPS) is 10.5. The van der Waals surface area contributed by atoms with Crippen molar-refractivity contribution < 1.29 is 18.7 Å². The maximum absolute atomic E-state index is 13.3. The van der Waals surface area contributed by atoms with Crippen molar-refractivity contribution in [1.82, 2.24) is 9.78 Å². The third-order valence-electron chi connectivity index (χ3n) is 4.77. The summed E-state index contributed by atoms with van der Waals surface area (Å²) in [5.74, 6) is 0.252. The van der Waals surface area contributed by atoms with Gasteiger partial charge in [0, 0.05) is 23.4 Å². The molecule has 7 nitrogen and oxygen atoms in total. The summed E-state index contributed by atoms with van der Waals surface area (Å²) in [6.07, 6.45) is 0. The topological polar surface area (TPSA) is 82.4 Å². The molecular formula is C25H20FN3O4. The molecule has 0 atom stereocenters. The molecule has 0 saturated carbocycles. The minimum atomic E-state index is -0.358. The summed E-state index contributed by atoms with van der Waals surface area (Å²) < 4.78 is 25.2. The molecule has 33 heavy (non-hydrogen) atoms. The largest absolute Gasteiger partial charge is 0.497 e. The molecule has 0 aliphatic rings. The van der Waals surface area contributed by atoms with E-state index in [1.807, 2.05) is 0 Å². The number of ether oxygens (including phenoxy) is 2. The summed E-state index contributed by atoms with van der Waals surface area (Å²) in [6, 6.07) is 22.2. The number of nitrogens with one attached hydrogen (secondary N) is 1. The Balaban J connectivity index is 1.46. The monoisotopic (exact) mass is 445 g/mol. The van der Waals surface area contributed by atoms with Gasteiger partial charge in [0.05, 0.1) is 12.8 Å². The number of anilines is 1. The van der Waals surface area contributed by atoms with Crippen LogP contribution in [0.15, 0.2) is 89.7 Å². The zero-order chi connectivity index (χ0) is 23.2. The van der Waals surface area contributed by atoms with E-state index in [0.717, 1.165) is 0 Å². The highest BCUT2D eigenvalue weighted by molar-refractivity contribution is 6.04.